The van der Waals surface area contributed by atoms with Crippen LogP contribution in [-0.2, 0) is 9.53 Å². The van der Waals surface area contributed by atoms with E-state index in [0.717, 1.165) is 6.42 Å². The van der Waals surface area contributed by atoms with Crippen molar-refractivity contribution in [3.05, 3.63) is 12.0 Å². The monoisotopic (exact) mass is 352 g/mol. The van der Waals surface area contributed by atoms with Crippen LogP contribution in [0.15, 0.2) is 11.3 Å². The average Bonchev–Trinajstić information content (AvgIpc) is 3.28. The zero-order chi connectivity index (χ0) is 17.7. The second kappa shape index (κ2) is 6.04. The lowest BCUT2D eigenvalue weighted by Crippen LogP contribution is -2.48. The molecule has 2 saturated heterocycles. The van der Waals surface area contributed by atoms with E-state index < -0.39 is 37.3 Å². The van der Waals surface area contributed by atoms with Crippen LogP contribution in [0.25, 0.3) is 0 Å². The number of rotatable bonds is 3. The molecule has 0 bridgehead atoms. The molecule has 3 unspecified atom stereocenters. The summed E-state index contributed by atoms with van der Waals surface area (Å²) in [6.07, 6.45) is -0.875. The van der Waals surface area contributed by atoms with E-state index in [9.17, 15) is 20.1 Å². The third kappa shape index (κ3) is 2.43. The number of imidazole rings is 1. The number of aromatic nitrogens is 2. The Balaban J connectivity index is 1.62. The normalized spacial score (nSPS) is 34.9. The number of aliphatic imine (C=N–C) groups is 1. The fraction of sp³-hybridized carbons (Fsp3) is 0.643. The van der Waals surface area contributed by atoms with Gasteiger partial charge in [-0.3, -0.25) is 14.4 Å². The van der Waals surface area contributed by atoms with Gasteiger partial charge in [-0.15, -0.1) is 0 Å². The Morgan fingerprint density at radius 3 is 2.80 bits per heavy atom. The Morgan fingerprint density at radius 2 is 2.16 bits per heavy atom. The molecule has 0 radical (unpaired) electrons. The standard InChI is InChI=1S/C14H20N6O5/c15-12-9-13(17-6-20(12)19-3-1-2-8(19)22)18(5-16-9)14-11(24)10(23)7(4-21)25-14/h5-7,10-12,14,21,23-24H,1-4,15H2/t7-,10?,11?,12?,14-/m1/s1. The first-order chi connectivity index (χ1) is 12.0. The first kappa shape index (κ1) is 16.4. The number of nitrogens with two attached hydrogens (primary N) is 1. The summed E-state index contributed by atoms with van der Waals surface area (Å²) >= 11 is 0. The summed E-state index contributed by atoms with van der Waals surface area (Å²) < 4.78 is 6.98. The Labute approximate surface area is 142 Å². The molecule has 3 aliphatic rings. The largest absolute Gasteiger partial charge is 0.394 e. The second-order valence-electron chi connectivity index (χ2n) is 6.28. The molecule has 25 heavy (non-hydrogen) atoms. The van der Waals surface area contributed by atoms with Crippen LogP contribution >= 0.6 is 0 Å². The molecule has 11 nitrogen and oxygen atoms in total. The van der Waals surface area contributed by atoms with E-state index in [1.807, 2.05) is 0 Å². The van der Waals surface area contributed by atoms with Gasteiger partial charge in [0.2, 0.25) is 5.91 Å². The summed E-state index contributed by atoms with van der Waals surface area (Å²) in [6, 6.07) is 0. The Morgan fingerprint density at radius 1 is 1.36 bits per heavy atom. The quantitative estimate of drug-likeness (QED) is 0.486. The number of hydrogen-bond donors (Lipinski definition) is 4. The van der Waals surface area contributed by atoms with Crippen LogP contribution in [-0.4, -0.2) is 78.6 Å². The summed E-state index contributed by atoms with van der Waals surface area (Å²) in [5.41, 5.74) is 6.66. The number of carbonyl (C=O) groups excluding carboxylic acids is 1. The number of aliphatic hydroxyl groups excluding tert-OH is 3. The summed E-state index contributed by atoms with van der Waals surface area (Å²) in [5.74, 6) is 0.360. The summed E-state index contributed by atoms with van der Waals surface area (Å²) in [5, 5.41) is 32.4. The van der Waals surface area contributed by atoms with Gasteiger partial charge in [0.05, 0.1) is 12.9 Å². The van der Waals surface area contributed by atoms with Crippen molar-refractivity contribution in [3.63, 3.8) is 0 Å². The van der Waals surface area contributed by atoms with E-state index in [-0.39, 0.29) is 5.91 Å². The lowest BCUT2D eigenvalue weighted by atomic mass is 10.1. The molecule has 136 valence electrons. The van der Waals surface area contributed by atoms with Gasteiger partial charge in [-0.25, -0.2) is 15.0 Å². The topological polar surface area (TPSA) is 150 Å². The summed E-state index contributed by atoms with van der Waals surface area (Å²) in [6.45, 7) is 0.155. The molecule has 5 atom stereocenters. The lowest BCUT2D eigenvalue weighted by molar-refractivity contribution is -0.139. The van der Waals surface area contributed by atoms with E-state index >= 15 is 0 Å². The van der Waals surface area contributed by atoms with E-state index in [1.54, 1.807) is 10.0 Å². The number of carbonyl (C=O) groups is 1. The van der Waals surface area contributed by atoms with Crippen molar-refractivity contribution in [2.24, 2.45) is 10.7 Å². The van der Waals surface area contributed by atoms with Gasteiger partial charge in [0.1, 0.15) is 36.5 Å². The van der Waals surface area contributed by atoms with Crippen LogP contribution < -0.4 is 5.73 Å². The van der Waals surface area contributed by atoms with E-state index in [0.29, 0.717) is 24.5 Å². The third-order valence-electron chi connectivity index (χ3n) is 4.78. The van der Waals surface area contributed by atoms with Crippen molar-refractivity contribution < 1.29 is 24.9 Å². The molecule has 0 saturated carbocycles. The van der Waals surface area contributed by atoms with Crippen molar-refractivity contribution in [1.82, 2.24) is 19.6 Å². The lowest BCUT2D eigenvalue weighted by Gasteiger charge is -2.35. The van der Waals surface area contributed by atoms with Gasteiger partial charge in [0.25, 0.3) is 0 Å². The smallest absolute Gasteiger partial charge is 0.241 e. The Bertz CT molecular complexity index is 708. The molecule has 4 heterocycles. The minimum absolute atomic E-state index is 0.0201. The maximum absolute atomic E-state index is 11.9. The van der Waals surface area contributed by atoms with Gasteiger partial charge < -0.3 is 25.8 Å². The molecule has 4 rings (SSSR count). The number of ether oxygens (including phenoxy) is 1. The third-order valence-corrected chi connectivity index (χ3v) is 4.78. The zero-order valence-corrected chi connectivity index (χ0v) is 13.3. The number of hydrazine groups is 1. The fourth-order valence-electron chi connectivity index (χ4n) is 3.41. The van der Waals surface area contributed by atoms with Crippen molar-refractivity contribution in [1.29, 1.82) is 0 Å². The van der Waals surface area contributed by atoms with Crippen LogP contribution in [0.4, 0.5) is 5.82 Å². The predicted molar refractivity (Wildman–Crippen MR) is 83.1 cm³/mol. The SMILES string of the molecule is NC1c2ncn([C@@H]3O[C@H](CO)C(O)C3O)c2N=CN1N1CCCC1=O. The molecule has 11 heteroatoms. The minimum atomic E-state index is -1.24. The van der Waals surface area contributed by atoms with Crippen LogP contribution in [0.2, 0.25) is 0 Å². The number of fused-ring (bicyclic) bond motifs is 1. The Hall–Kier alpha value is -2.05. The van der Waals surface area contributed by atoms with Gasteiger partial charge in [0.15, 0.2) is 12.0 Å². The second-order valence-corrected chi connectivity index (χ2v) is 6.28. The number of aliphatic hydroxyl groups is 3. The van der Waals surface area contributed by atoms with Crippen molar-refractivity contribution in [2.45, 2.75) is 43.5 Å². The highest BCUT2D eigenvalue weighted by atomic mass is 16.6. The van der Waals surface area contributed by atoms with E-state index in [1.165, 1.54) is 17.2 Å². The van der Waals surface area contributed by atoms with Crippen LogP contribution in [0.1, 0.15) is 30.9 Å². The Kier molecular flexibility index (Phi) is 3.96. The van der Waals surface area contributed by atoms with Crippen LogP contribution in [0.5, 0.6) is 0 Å². The summed E-state index contributed by atoms with van der Waals surface area (Å²) in [4.78, 5) is 20.5. The fourth-order valence-corrected chi connectivity index (χ4v) is 3.41. The first-order valence-corrected chi connectivity index (χ1v) is 8.10. The molecular weight excluding hydrogens is 332 g/mol. The summed E-state index contributed by atoms with van der Waals surface area (Å²) in [7, 11) is 0. The molecule has 2 fully saturated rings. The van der Waals surface area contributed by atoms with Gasteiger partial charge >= 0.3 is 0 Å². The number of nitrogens with zero attached hydrogens (tertiary/aromatic N) is 5. The minimum Gasteiger partial charge on any atom is -0.394 e. The maximum Gasteiger partial charge on any atom is 0.241 e. The highest BCUT2D eigenvalue weighted by molar-refractivity contribution is 5.80. The molecule has 1 amide bonds. The van der Waals surface area contributed by atoms with Crippen molar-refractivity contribution in [2.75, 3.05) is 13.2 Å². The molecule has 5 N–H and O–H groups in total. The van der Waals surface area contributed by atoms with Gasteiger partial charge in [-0.2, -0.15) is 0 Å². The highest BCUT2D eigenvalue weighted by Crippen LogP contribution is 2.37. The van der Waals surface area contributed by atoms with Crippen LogP contribution in [0, 0.1) is 0 Å². The van der Waals surface area contributed by atoms with E-state index in [2.05, 4.69) is 9.98 Å². The molecule has 3 aliphatic heterocycles. The first-order valence-electron chi connectivity index (χ1n) is 8.10. The molecular formula is C14H20N6O5. The van der Waals surface area contributed by atoms with Gasteiger partial charge in [-0.1, -0.05) is 0 Å². The van der Waals surface area contributed by atoms with Crippen molar-refractivity contribution in [3.8, 4) is 0 Å². The van der Waals surface area contributed by atoms with Gasteiger partial charge in [0, 0.05) is 13.0 Å². The highest BCUT2D eigenvalue weighted by Gasteiger charge is 2.45. The van der Waals surface area contributed by atoms with Crippen LogP contribution in [0.3, 0.4) is 0 Å². The molecule has 0 aromatic carbocycles. The predicted octanol–water partition coefficient (Wildman–Crippen LogP) is -2.04. The number of amides is 1. The average molecular weight is 352 g/mol. The zero-order valence-electron chi connectivity index (χ0n) is 13.3. The van der Waals surface area contributed by atoms with Gasteiger partial charge in [-0.05, 0) is 6.42 Å². The van der Waals surface area contributed by atoms with E-state index in [4.69, 9.17) is 10.5 Å². The molecule has 1 aromatic heterocycles. The number of hydrogen-bond acceptors (Lipinski definition) is 9. The van der Waals surface area contributed by atoms with Crippen molar-refractivity contribution >= 4 is 18.1 Å². The molecule has 0 spiro atoms. The maximum atomic E-state index is 11.9. The molecule has 1 aromatic rings. The molecule has 0 aliphatic carbocycles.